The average Bonchev–Trinajstić information content (AvgIpc) is 2.53. The van der Waals surface area contributed by atoms with Crippen LogP contribution in [-0.2, 0) is 4.74 Å². The summed E-state index contributed by atoms with van der Waals surface area (Å²) in [5.41, 5.74) is 2.06. The number of hydrogen-bond acceptors (Lipinski definition) is 2. The second kappa shape index (κ2) is 7.60. The van der Waals surface area contributed by atoms with Crippen LogP contribution in [0.2, 0.25) is 0 Å². The zero-order valence-corrected chi connectivity index (χ0v) is 13.5. The van der Waals surface area contributed by atoms with Crippen molar-refractivity contribution in [1.29, 1.82) is 0 Å². The molecule has 3 heteroatoms. The second-order valence-corrected chi connectivity index (χ2v) is 6.35. The maximum atomic E-state index is 12.4. The lowest BCUT2D eigenvalue weighted by atomic mass is 9.96. The molecule has 0 aliphatic carbocycles. The summed E-state index contributed by atoms with van der Waals surface area (Å²) in [7, 11) is 1.90. The Morgan fingerprint density at radius 2 is 1.86 bits per heavy atom. The van der Waals surface area contributed by atoms with Gasteiger partial charge in [-0.05, 0) is 48.8 Å². The normalized spacial score (nSPS) is 16.2. The summed E-state index contributed by atoms with van der Waals surface area (Å²) in [5.74, 6) is 1.33. The second-order valence-electron chi connectivity index (χ2n) is 6.35. The Balaban J connectivity index is 1.86. The Morgan fingerprint density at radius 1 is 1.24 bits per heavy atom. The number of benzene rings is 1. The van der Waals surface area contributed by atoms with Crippen LogP contribution in [0.25, 0.3) is 0 Å². The Labute approximate surface area is 128 Å². The molecule has 1 heterocycles. The van der Waals surface area contributed by atoms with Gasteiger partial charge in [0.05, 0.1) is 0 Å². The lowest BCUT2D eigenvalue weighted by Crippen LogP contribution is -2.30. The number of nitrogens with zero attached hydrogens (tertiary/aromatic N) is 1. The monoisotopic (exact) mass is 289 g/mol. The molecule has 21 heavy (non-hydrogen) atoms. The van der Waals surface area contributed by atoms with Crippen molar-refractivity contribution < 1.29 is 9.53 Å². The summed E-state index contributed by atoms with van der Waals surface area (Å²) in [6.45, 7) is 6.90. The first-order chi connectivity index (χ1) is 10.1. The summed E-state index contributed by atoms with van der Waals surface area (Å²) in [6, 6.07) is 8.01. The molecule has 1 aromatic rings. The fourth-order valence-electron chi connectivity index (χ4n) is 2.74. The number of rotatable bonds is 5. The van der Waals surface area contributed by atoms with Gasteiger partial charge in [0.15, 0.2) is 0 Å². The van der Waals surface area contributed by atoms with Gasteiger partial charge in [0.25, 0.3) is 5.91 Å². The SMILES string of the molecule is CC(C)c1ccc(C(=O)N(C)CCC2CCOCC2)cc1. The van der Waals surface area contributed by atoms with Crippen molar-refractivity contribution in [2.24, 2.45) is 5.92 Å². The number of ether oxygens (including phenoxy) is 1. The first kappa shape index (κ1) is 16.0. The maximum absolute atomic E-state index is 12.4. The van der Waals surface area contributed by atoms with Crippen molar-refractivity contribution in [3.8, 4) is 0 Å². The first-order valence-corrected chi connectivity index (χ1v) is 8.01. The maximum Gasteiger partial charge on any atom is 0.253 e. The Morgan fingerprint density at radius 3 is 2.43 bits per heavy atom. The van der Waals surface area contributed by atoms with Gasteiger partial charge in [-0.3, -0.25) is 4.79 Å². The van der Waals surface area contributed by atoms with Gasteiger partial charge in [0.2, 0.25) is 0 Å². The molecule has 0 bridgehead atoms. The molecule has 1 saturated heterocycles. The quantitative estimate of drug-likeness (QED) is 0.827. The zero-order chi connectivity index (χ0) is 15.2. The highest BCUT2D eigenvalue weighted by atomic mass is 16.5. The van der Waals surface area contributed by atoms with Gasteiger partial charge in [-0.15, -0.1) is 0 Å². The smallest absolute Gasteiger partial charge is 0.253 e. The van der Waals surface area contributed by atoms with E-state index in [0.29, 0.717) is 11.8 Å². The van der Waals surface area contributed by atoms with Crippen molar-refractivity contribution in [3.05, 3.63) is 35.4 Å². The third-order valence-electron chi connectivity index (χ3n) is 4.38. The topological polar surface area (TPSA) is 29.5 Å². The molecule has 2 rings (SSSR count). The van der Waals surface area contributed by atoms with E-state index in [1.54, 1.807) is 0 Å². The third kappa shape index (κ3) is 4.57. The molecular formula is C18H27NO2. The van der Waals surface area contributed by atoms with Crippen molar-refractivity contribution >= 4 is 5.91 Å². The molecule has 0 radical (unpaired) electrons. The van der Waals surface area contributed by atoms with E-state index < -0.39 is 0 Å². The number of amides is 1. The molecule has 3 nitrogen and oxygen atoms in total. The Bertz CT molecular complexity index is 447. The minimum Gasteiger partial charge on any atom is -0.381 e. The van der Waals surface area contributed by atoms with E-state index in [4.69, 9.17) is 4.74 Å². The molecule has 1 aliphatic rings. The molecular weight excluding hydrogens is 262 g/mol. The van der Waals surface area contributed by atoms with Crippen LogP contribution in [0, 0.1) is 5.92 Å². The zero-order valence-electron chi connectivity index (χ0n) is 13.5. The molecule has 0 aromatic heterocycles. The largest absolute Gasteiger partial charge is 0.381 e. The van der Waals surface area contributed by atoms with Crippen LogP contribution >= 0.6 is 0 Å². The predicted octanol–water partition coefficient (Wildman–Crippen LogP) is 3.70. The van der Waals surface area contributed by atoms with E-state index in [1.165, 1.54) is 5.56 Å². The summed E-state index contributed by atoms with van der Waals surface area (Å²) in [5, 5.41) is 0. The van der Waals surface area contributed by atoms with Gasteiger partial charge in [0, 0.05) is 32.4 Å². The van der Waals surface area contributed by atoms with Crippen LogP contribution in [0.15, 0.2) is 24.3 Å². The Kier molecular flexibility index (Phi) is 5.80. The summed E-state index contributed by atoms with van der Waals surface area (Å²) < 4.78 is 5.37. The van der Waals surface area contributed by atoms with E-state index in [9.17, 15) is 4.79 Å². The Hall–Kier alpha value is -1.35. The summed E-state index contributed by atoms with van der Waals surface area (Å²) in [4.78, 5) is 14.2. The predicted molar refractivity (Wildman–Crippen MR) is 85.7 cm³/mol. The highest BCUT2D eigenvalue weighted by molar-refractivity contribution is 5.94. The summed E-state index contributed by atoms with van der Waals surface area (Å²) in [6.07, 6.45) is 3.34. The molecule has 0 saturated carbocycles. The molecule has 1 aromatic carbocycles. The van der Waals surface area contributed by atoms with Crippen LogP contribution in [0.1, 0.15) is 54.9 Å². The third-order valence-corrected chi connectivity index (χ3v) is 4.38. The highest BCUT2D eigenvalue weighted by Gasteiger charge is 2.17. The van der Waals surface area contributed by atoms with E-state index in [0.717, 1.165) is 44.6 Å². The lowest BCUT2D eigenvalue weighted by Gasteiger charge is -2.25. The van der Waals surface area contributed by atoms with Gasteiger partial charge in [-0.2, -0.15) is 0 Å². The van der Waals surface area contributed by atoms with Gasteiger partial charge in [-0.1, -0.05) is 26.0 Å². The molecule has 0 atom stereocenters. The first-order valence-electron chi connectivity index (χ1n) is 8.01. The van der Waals surface area contributed by atoms with Crippen molar-refractivity contribution in [2.45, 2.75) is 39.0 Å². The van der Waals surface area contributed by atoms with Crippen LogP contribution < -0.4 is 0 Å². The van der Waals surface area contributed by atoms with E-state index in [-0.39, 0.29) is 5.91 Å². The molecule has 0 unspecified atom stereocenters. The van der Waals surface area contributed by atoms with Gasteiger partial charge in [0.1, 0.15) is 0 Å². The van der Waals surface area contributed by atoms with Gasteiger partial charge >= 0.3 is 0 Å². The number of carbonyl (C=O) groups excluding carboxylic acids is 1. The van der Waals surface area contributed by atoms with Gasteiger partial charge in [-0.25, -0.2) is 0 Å². The standard InChI is InChI=1S/C18H27NO2/c1-14(2)16-4-6-17(7-5-16)18(20)19(3)11-8-15-9-12-21-13-10-15/h4-7,14-15H,8-13H2,1-3H3. The average molecular weight is 289 g/mol. The van der Waals surface area contributed by atoms with Crippen molar-refractivity contribution in [2.75, 3.05) is 26.8 Å². The number of carbonyl (C=O) groups is 1. The van der Waals surface area contributed by atoms with Crippen LogP contribution in [0.3, 0.4) is 0 Å². The van der Waals surface area contributed by atoms with E-state index >= 15 is 0 Å². The number of hydrogen-bond donors (Lipinski definition) is 0. The van der Waals surface area contributed by atoms with Crippen LogP contribution in [-0.4, -0.2) is 37.6 Å². The molecule has 116 valence electrons. The van der Waals surface area contributed by atoms with Crippen molar-refractivity contribution in [3.63, 3.8) is 0 Å². The molecule has 1 aliphatic heterocycles. The fourth-order valence-corrected chi connectivity index (χ4v) is 2.74. The fraction of sp³-hybridized carbons (Fsp3) is 0.611. The minimum atomic E-state index is 0.123. The molecule has 1 fully saturated rings. The van der Waals surface area contributed by atoms with Gasteiger partial charge < -0.3 is 9.64 Å². The molecule has 0 spiro atoms. The van der Waals surface area contributed by atoms with Crippen LogP contribution in [0.5, 0.6) is 0 Å². The molecule has 1 amide bonds. The van der Waals surface area contributed by atoms with E-state index in [2.05, 4.69) is 26.0 Å². The molecule has 0 N–H and O–H groups in total. The summed E-state index contributed by atoms with van der Waals surface area (Å²) >= 11 is 0. The van der Waals surface area contributed by atoms with E-state index in [1.807, 2.05) is 24.1 Å². The minimum absolute atomic E-state index is 0.123. The lowest BCUT2D eigenvalue weighted by molar-refractivity contribution is 0.0583. The van der Waals surface area contributed by atoms with Crippen molar-refractivity contribution in [1.82, 2.24) is 4.90 Å². The van der Waals surface area contributed by atoms with Crippen LogP contribution in [0.4, 0.5) is 0 Å². The highest BCUT2D eigenvalue weighted by Crippen LogP contribution is 2.19.